The summed E-state index contributed by atoms with van der Waals surface area (Å²) in [5, 5.41) is 0. The normalized spacial score (nSPS) is 8.18. The first-order chi connectivity index (χ1) is 8.22. The third kappa shape index (κ3) is 17.9. The molecule has 0 atom stereocenters. The van der Waals surface area contributed by atoms with E-state index in [2.05, 4.69) is 13.8 Å². The second-order valence-corrected chi connectivity index (χ2v) is 3.24. The summed E-state index contributed by atoms with van der Waals surface area (Å²) >= 11 is 0. The van der Waals surface area contributed by atoms with Gasteiger partial charge in [0.1, 0.15) is 0 Å². The number of carbonyl (C=O) groups excluding carboxylic acids is 1. The van der Waals surface area contributed by atoms with Crippen LogP contribution in [-0.4, -0.2) is 31.2 Å². The summed E-state index contributed by atoms with van der Waals surface area (Å²) in [6, 6.07) is 0. The van der Waals surface area contributed by atoms with Crippen LogP contribution in [0, 0.1) is 0 Å². The minimum absolute atomic E-state index is 0.193. The molecule has 0 spiro atoms. The zero-order chi connectivity index (χ0) is 14.1. The van der Waals surface area contributed by atoms with E-state index in [1.54, 1.807) is 11.9 Å². The fourth-order valence-corrected chi connectivity index (χ4v) is 0.901. The maximum Gasteiger partial charge on any atom is 0.409 e. The summed E-state index contributed by atoms with van der Waals surface area (Å²) in [4.78, 5) is 12.9. The van der Waals surface area contributed by atoms with Gasteiger partial charge < -0.3 is 9.64 Å². The molecule has 0 bridgehead atoms. The molecule has 0 aliphatic carbocycles. The van der Waals surface area contributed by atoms with Crippen LogP contribution in [-0.2, 0) is 4.74 Å². The van der Waals surface area contributed by atoms with E-state index in [-0.39, 0.29) is 6.09 Å². The van der Waals surface area contributed by atoms with Crippen molar-refractivity contribution in [3.8, 4) is 0 Å². The number of nitrogens with zero attached hydrogens (tertiary/aromatic N) is 1. The molecule has 0 aromatic carbocycles. The van der Waals surface area contributed by atoms with Gasteiger partial charge in [0.25, 0.3) is 0 Å². The Hall–Kier alpha value is -0.730. The summed E-state index contributed by atoms with van der Waals surface area (Å²) < 4.78 is 5.03. The molecule has 0 saturated carbocycles. The SMILES string of the molecule is CC.CC.CCCCOC(=O)N(C)CCCC. The first kappa shape index (κ1) is 21.5. The first-order valence-electron chi connectivity index (χ1n) is 7.10. The average molecular weight is 247 g/mol. The van der Waals surface area contributed by atoms with Gasteiger partial charge in [-0.25, -0.2) is 4.79 Å². The number of amides is 1. The highest BCUT2D eigenvalue weighted by atomic mass is 16.6. The minimum atomic E-state index is -0.193. The van der Waals surface area contributed by atoms with Gasteiger partial charge in [-0.1, -0.05) is 54.4 Å². The molecule has 0 aromatic heterocycles. The molecule has 0 aromatic rings. The Bertz CT molecular complexity index is 138. The predicted octanol–water partition coefficient (Wildman–Crippen LogP) is 4.71. The van der Waals surface area contributed by atoms with Crippen LogP contribution in [0.2, 0.25) is 0 Å². The maximum atomic E-state index is 11.2. The van der Waals surface area contributed by atoms with Gasteiger partial charge in [0.05, 0.1) is 6.61 Å². The van der Waals surface area contributed by atoms with Crippen molar-refractivity contribution in [1.82, 2.24) is 4.90 Å². The van der Waals surface area contributed by atoms with Gasteiger partial charge in [-0.3, -0.25) is 0 Å². The lowest BCUT2D eigenvalue weighted by molar-refractivity contribution is 0.109. The minimum Gasteiger partial charge on any atom is -0.449 e. The molecule has 3 heteroatoms. The number of ether oxygens (including phenoxy) is 1. The van der Waals surface area contributed by atoms with E-state index in [1.807, 2.05) is 27.7 Å². The molecule has 0 rings (SSSR count). The van der Waals surface area contributed by atoms with Gasteiger partial charge in [0.2, 0.25) is 0 Å². The summed E-state index contributed by atoms with van der Waals surface area (Å²) in [7, 11) is 1.78. The smallest absolute Gasteiger partial charge is 0.409 e. The van der Waals surface area contributed by atoms with E-state index >= 15 is 0 Å². The Kier molecular flexibility index (Phi) is 26.2. The number of rotatable bonds is 6. The molecule has 3 nitrogen and oxygen atoms in total. The van der Waals surface area contributed by atoms with Crippen molar-refractivity contribution in [2.45, 2.75) is 67.2 Å². The van der Waals surface area contributed by atoms with E-state index in [1.165, 1.54) is 0 Å². The molecule has 0 fully saturated rings. The fraction of sp³-hybridized carbons (Fsp3) is 0.929. The summed E-state index contributed by atoms with van der Waals surface area (Å²) in [6.45, 7) is 13.5. The molecule has 0 aliphatic rings. The van der Waals surface area contributed by atoms with Crippen LogP contribution in [0.5, 0.6) is 0 Å². The van der Waals surface area contributed by atoms with E-state index in [0.29, 0.717) is 6.61 Å². The zero-order valence-electron chi connectivity index (χ0n) is 13.0. The third-order valence-electron chi connectivity index (χ3n) is 1.88. The Labute approximate surface area is 109 Å². The lowest BCUT2D eigenvalue weighted by Crippen LogP contribution is -2.28. The Morgan fingerprint density at radius 3 is 1.88 bits per heavy atom. The quantitative estimate of drug-likeness (QED) is 0.636. The highest BCUT2D eigenvalue weighted by Gasteiger charge is 2.07. The van der Waals surface area contributed by atoms with E-state index in [9.17, 15) is 4.79 Å². The Morgan fingerprint density at radius 2 is 1.47 bits per heavy atom. The average Bonchev–Trinajstić information content (AvgIpc) is 2.40. The molecule has 0 heterocycles. The monoisotopic (exact) mass is 247 g/mol. The van der Waals surface area contributed by atoms with Crippen LogP contribution in [0.15, 0.2) is 0 Å². The van der Waals surface area contributed by atoms with Crippen LogP contribution < -0.4 is 0 Å². The van der Waals surface area contributed by atoms with Crippen molar-refractivity contribution in [1.29, 1.82) is 0 Å². The number of unbranched alkanes of at least 4 members (excludes halogenated alkanes) is 2. The molecular weight excluding hydrogens is 214 g/mol. The van der Waals surface area contributed by atoms with Crippen LogP contribution in [0.4, 0.5) is 4.79 Å². The molecular formula is C14H33NO2. The van der Waals surface area contributed by atoms with Gasteiger partial charge in [0.15, 0.2) is 0 Å². The molecule has 106 valence electrons. The van der Waals surface area contributed by atoms with E-state index in [4.69, 9.17) is 4.74 Å². The molecule has 0 aliphatic heterocycles. The Balaban J connectivity index is -0.000000439. The lowest BCUT2D eigenvalue weighted by Gasteiger charge is -2.16. The lowest BCUT2D eigenvalue weighted by atomic mass is 10.3. The van der Waals surface area contributed by atoms with Crippen LogP contribution in [0.25, 0.3) is 0 Å². The largest absolute Gasteiger partial charge is 0.449 e. The number of hydrogen-bond donors (Lipinski definition) is 0. The van der Waals surface area contributed by atoms with Crippen molar-refractivity contribution in [2.24, 2.45) is 0 Å². The topological polar surface area (TPSA) is 29.5 Å². The van der Waals surface area contributed by atoms with Crippen molar-refractivity contribution >= 4 is 6.09 Å². The van der Waals surface area contributed by atoms with E-state index < -0.39 is 0 Å². The summed E-state index contributed by atoms with van der Waals surface area (Å²) in [6.07, 6.45) is 3.97. The second kappa shape index (κ2) is 20.7. The van der Waals surface area contributed by atoms with Crippen molar-refractivity contribution in [2.75, 3.05) is 20.2 Å². The highest BCUT2D eigenvalue weighted by molar-refractivity contribution is 5.67. The molecule has 0 N–H and O–H groups in total. The van der Waals surface area contributed by atoms with Crippen LogP contribution in [0.3, 0.4) is 0 Å². The van der Waals surface area contributed by atoms with Crippen LogP contribution >= 0.6 is 0 Å². The molecule has 0 unspecified atom stereocenters. The molecule has 0 radical (unpaired) electrons. The zero-order valence-corrected chi connectivity index (χ0v) is 13.0. The van der Waals surface area contributed by atoms with Gasteiger partial charge in [-0.15, -0.1) is 0 Å². The van der Waals surface area contributed by atoms with Crippen molar-refractivity contribution < 1.29 is 9.53 Å². The summed E-state index contributed by atoms with van der Waals surface area (Å²) in [5.74, 6) is 0. The van der Waals surface area contributed by atoms with Crippen LogP contribution in [0.1, 0.15) is 67.2 Å². The predicted molar refractivity (Wildman–Crippen MR) is 76.5 cm³/mol. The molecule has 17 heavy (non-hydrogen) atoms. The fourth-order valence-electron chi connectivity index (χ4n) is 0.901. The number of hydrogen-bond acceptors (Lipinski definition) is 2. The van der Waals surface area contributed by atoms with Crippen molar-refractivity contribution in [3.63, 3.8) is 0 Å². The van der Waals surface area contributed by atoms with Gasteiger partial charge in [0, 0.05) is 13.6 Å². The third-order valence-corrected chi connectivity index (χ3v) is 1.88. The second-order valence-electron chi connectivity index (χ2n) is 3.24. The molecule has 1 amide bonds. The standard InChI is InChI=1S/C10H21NO2.2C2H6/c1-4-6-8-11(3)10(12)13-9-7-5-2;2*1-2/h4-9H2,1-3H3;2*1-2H3. The molecule has 0 saturated heterocycles. The Morgan fingerprint density at radius 1 is 1.00 bits per heavy atom. The number of carbonyl (C=O) groups is 1. The summed E-state index contributed by atoms with van der Waals surface area (Å²) in [5.41, 5.74) is 0. The first-order valence-corrected chi connectivity index (χ1v) is 7.10. The van der Waals surface area contributed by atoms with Gasteiger partial charge >= 0.3 is 6.09 Å². The highest BCUT2D eigenvalue weighted by Crippen LogP contribution is 1.96. The van der Waals surface area contributed by atoms with Gasteiger partial charge in [-0.2, -0.15) is 0 Å². The van der Waals surface area contributed by atoms with Gasteiger partial charge in [-0.05, 0) is 12.8 Å². The van der Waals surface area contributed by atoms with E-state index in [0.717, 1.165) is 32.2 Å². The van der Waals surface area contributed by atoms with Crippen molar-refractivity contribution in [3.05, 3.63) is 0 Å². The maximum absolute atomic E-state index is 11.2.